The highest BCUT2D eigenvalue weighted by molar-refractivity contribution is 5.34. The molecule has 84 valence electrons. The predicted octanol–water partition coefficient (Wildman–Crippen LogP) is 2.14. The molecular formula is C13H21NO. The van der Waals surface area contributed by atoms with Crippen LogP contribution in [-0.4, -0.2) is 19.2 Å². The van der Waals surface area contributed by atoms with Gasteiger partial charge < -0.3 is 10.4 Å². The zero-order valence-electron chi connectivity index (χ0n) is 9.83. The zero-order valence-corrected chi connectivity index (χ0v) is 9.83. The summed E-state index contributed by atoms with van der Waals surface area (Å²) in [7, 11) is 3.75. The maximum atomic E-state index is 9.84. The molecule has 0 heterocycles. The van der Waals surface area contributed by atoms with Gasteiger partial charge in [0.25, 0.3) is 0 Å². The van der Waals surface area contributed by atoms with Crippen LogP contribution in [0.4, 0.5) is 0 Å². The number of aliphatic hydroxyl groups is 1. The SMILES string of the molecule is CCC1Cc2ccccc2C1O.CNC. The monoisotopic (exact) mass is 207 g/mol. The van der Waals surface area contributed by atoms with Gasteiger partial charge in [-0.3, -0.25) is 0 Å². The van der Waals surface area contributed by atoms with Crippen molar-refractivity contribution in [3.8, 4) is 0 Å². The minimum atomic E-state index is -0.216. The molecule has 0 fully saturated rings. The van der Waals surface area contributed by atoms with Gasteiger partial charge in [0.1, 0.15) is 0 Å². The molecule has 1 aromatic rings. The van der Waals surface area contributed by atoms with Crippen molar-refractivity contribution in [3.05, 3.63) is 35.4 Å². The first-order valence-electron chi connectivity index (χ1n) is 5.58. The molecule has 1 aliphatic rings. The van der Waals surface area contributed by atoms with Crippen LogP contribution < -0.4 is 5.32 Å². The lowest BCUT2D eigenvalue weighted by molar-refractivity contribution is 0.121. The molecule has 15 heavy (non-hydrogen) atoms. The van der Waals surface area contributed by atoms with E-state index in [-0.39, 0.29) is 6.10 Å². The van der Waals surface area contributed by atoms with Crippen molar-refractivity contribution in [3.63, 3.8) is 0 Å². The molecule has 0 radical (unpaired) electrons. The molecule has 0 spiro atoms. The van der Waals surface area contributed by atoms with Crippen molar-refractivity contribution >= 4 is 0 Å². The van der Waals surface area contributed by atoms with E-state index in [0.29, 0.717) is 5.92 Å². The second-order valence-electron chi connectivity index (χ2n) is 4.02. The average molecular weight is 207 g/mol. The summed E-state index contributed by atoms with van der Waals surface area (Å²) in [6.45, 7) is 2.14. The van der Waals surface area contributed by atoms with Gasteiger partial charge in [-0.05, 0) is 37.6 Å². The van der Waals surface area contributed by atoms with Crippen LogP contribution in [0.2, 0.25) is 0 Å². The molecule has 2 nitrogen and oxygen atoms in total. The van der Waals surface area contributed by atoms with E-state index in [1.54, 1.807) is 0 Å². The minimum Gasteiger partial charge on any atom is -0.388 e. The fraction of sp³-hybridized carbons (Fsp3) is 0.538. The first kappa shape index (κ1) is 12.2. The second kappa shape index (κ2) is 5.89. The van der Waals surface area contributed by atoms with Crippen LogP contribution >= 0.6 is 0 Å². The van der Waals surface area contributed by atoms with Gasteiger partial charge in [0, 0.05) is 0 Å². The van der Waals surface area contributed by atoms with Gasteiger partial charge in [0.05, 0.1) is 6.10 Å². The summed E-state index contributed by atoms with van der Waals surface area (Å²) in [4.78, 5) is 0. The standard InChI is InChI=1S/C11H14O.C2H7N/c1-2-8-7-9-5-3-4-6-10(9)11(8)12;1-3-2/h3-6,8,11-12H,2,7H2,1H3;3H,1-2H3. The smallest absolute Gasteiger partial charge is 0.0823 e. The minimum absolute atomic E-state index is 0.216. The van der Waals surface area contributed by atoms with Gasteiger partial charge in [0.2, 0.25) is 0 Å². The first-order valence-corrected chi connectivity index (χ1v) is 5.58. The van der Waals surface area contributed by atoms with E-state index in [2.05, 4.69) is 18.3 Å². The van der Waals surface area contributed by atoms with Gasteiger partial charge in [-0.1, -0.05) is 37.6 Å². The number of hydrogen-bond acceptors (Lipinski definition) is 2. The summed E-state index contributed by atoms with van der Waals surface area (Å²) < 4.78 is 0. The highest BCUT2D eigenvalue weighted by Crippen LogP contribution is 2.37. The fourth-order valence-corrected chi connectivity index (χ4v) is 2.02. The molecule has 2 N–H and O–H groups in total. The lowest BCUT2D eigenvalue weighted by Crippen LogP contribution is -2.04. The quantitative estimate of drug-likeness (QED) is 0.739. The summed E-state index contributed by atoms with van der Waals surface area (Å²) >= 11 is 0. The molecule has 0 aromatic heterocycles. The molecule has 0 aliphatic heterocycles. The van der Waals surface area contributed by atoms with Crippen LogP contribution in [0.3, 0.4) is 0 Å². The van der Waals surface area contributed by atoms with Crippen LogP contribution in [-0.2, 0) is 6.42 Å². The lowest BCUT2D eigenvalue weighted by atomic mass is 10.0. The van der Waals surface area contributed by atoms with Gasteiger partial charge in [-0.2, -0.15) is 0 Å². The molecule has 0 amide bonds. The Balaban J connectivity index is 0.000000337. The van der Waals surface area contributed by atoms with E-state index in [9.17, 15) is 5.11 Å². The maximum Gasteiger partial charge on any atom is 0.0823 e. The Bertz CT molecular complexity index is 298. The maximum absolute atomic E-state index is 9.84. The van der Waals surface area contributed by atoms with Crippen LogP contribution in [0.15, 0.2) is 24.3 Å². The van der Waals surface area contributed by atoms with Crippen molar-refractivity contribution in [1.29, 1.82) is 0 Å². The predicted molar refractivity (Wildman–Crippen MR) is 63.9 cm³/mol. The molecule has 2 heteroatoms. The Labute approximate surface area is 92.3 Å². The summed E-state index contributed by atoms with van der Waals surface area (Å²) in [5.41, 5.74) is 2.47. The second-order valence-corrected chi connectivity index (χ2v) is 4.02. The van der Waals surface area contributed by atoms with E-state index in [0.717, 1.165) is 18.4 Å². The Kier molecular flexibility index (Phi) is 4.79. The Morgan fingerprint density at radius 3 is 2.47 bits per heavy atom. The molecule has 2 unspecified atom stereocenters. The number of nitrogens with one attached hydrogen (secondary N) is 1. The summed E-state index contributed by atoms with van der Waals surface area (Å²) in [5.74, 6) is 0.447. The third kappa shape index (κ3) is 2.80. The molecular weight excluding hydrogens is 186 g/mol. The van der Waals surface area contributed by atoms with Crippen LogP contribution in [0.25, 0.3) is 0 Å². The highest BCUT2D eigenvalue weighted by atomic mass is 16.3. The number of benzene rings is 1. The van der Waals surface area contributed by atoms with Crippen molar-refractivity contribution in [2.24, 2.45) is 5.92 Å². The highest BCUT2D eigenvalue weighted by Gasteiger charge is 2.28. The van der Waals surface area contributed by atoms with Gasteiger partial charge >= 0.3 is 0 Å². The number of fused-ring (bicyclic) bond motifs is 1. The molecule has 0 bridgehead atoms. The van der Waals surface area contributed by atoms with E-state index in [4.69, 9.17) is 0 Å². The lowest BCUT2D eigenvalue weighted by Gasteiger charge is -2.11. The fourth-order valence-electron chi connectivity index (χ4n) is 2.02. The van der Waals surface area contributed by atoms with Crippen LogP contribution in [0.5, 0.6) is 0 Å². The molecule has 1 aliphatic carbocycles. The van der Waals surface area contributed by atoms with Crippen molar-refractivity contribution in [2.75, 3.05) is 14.1 Å². The van der Waals surface area contributed by atoms with Crippen molar-refractivity contribution in [1.82, 2.24) is 5.32 Å². The number of aliphatic hydroxyl groups excluding tert-OH is 1. The van der Waals surface area contributed by atoms with Crippen LogP contribution in [0.1, 0.15) is 30.6 Å². The Morgan fingerprint density at radius 2 is 1.93 bits per heavy atom. The van der Waals surface area contributed by atoms with Crippen LogP contribution in [0, 0.1) is 5.92 Å². The molecule has 0 saturated heterocycles. The molecule has 0 saturated carbocycles. The Morgan fingerprint density at radius 1 is 1.33 bits per heavy atom. The largest absolute Gasteiger partial charge is 0.388 e. The van der Waals surface area contributed by atoms with E-state index >= 15 is 0 Å². The van der Waals surface area contributed by atoms with Gasteiger partial charge in [-0.25, -0.2) is 0 Å². The van der Waals surface area contributed by atoms with Gasteiger partial charge in [-0.15, -0.1) is 0 Å². The summed E-state index contributed by atoms with van der Waals surface area (Å²) in [5, 5.41) is 12.6. The van der Waals surface area contributed by atoms with Crippen molar-refractivity contribution < 1.29 is 5.11 Å². The summed E-state index contributed by atoms with van der Waals surface area (Å²) in [6, 6.07) is 8.20. The van der Waals surface area contributed by atoms with E-state index in [1.807, 2.05) is 32.3 Å². The van der Waals surface area contributed by atoms with Gasteiger partial charge in [0.15, 0.2) is 0 Å². The third-order valence-electron chi connectivity index (χ3n) is 2.83. The third-order valence-corrected chi connectivity index (χ3v) is 2.83. The molecule has 1 aromatic carbocycles. The topological polar surface area (TPSA) is 32.3 Å². The number of rotatable bonds is 1. The first-order chi connectivity index (χ1) is 7.24. The molecule has 2 rings (SSSR count). The normalized spacial score (nSPS) is 22.9. The molecule has 2 atom stereocenters. The van der Waals surface area contributed by atoms with E-state index in [1.165, 1.54) is 5.56 Å². The zero-order chi connectivity index (χ0) is 11.3. The van der Waals surface area contributed by atoms with E-state index < -0.39 is 0 Å². The average Bonchev–Trinajstić information content (AvgIpc) is 2.57. The number of hydrogen-bond donors (Lipinski definition) is 2. The summed E-state index contributed by atoms with van der Waals surface area (Å²) in [6.07, 6.45) is 1.90. The van der Waals surface area contributed by atoms with Crippen molar-refractivity contribution in [2.45, 2.75) is 25.9 Å². The Hall–Kier alpha value is -0.860.